The number of Topliss-reactive ketones (excluding diaryl/α,β-unsaturated/α-hetero) is 2. The molecular formula is C77H94N12O14. The zero-order valence-electron chi connectivity index (χ0n) is 60.8. The number of aromatic nitrogens is 4. The van der Waals surface area contributed by atoms with Gasteiger partial charge >= 0.3 is 36.3 Å². The van der Waals surface area contributed by atoms with Gasteiger partial charge in [0, 0.05) is 93.2 Å². The fourth-order valence-corrected chi connectivity index (χ4v) is 11.3. The van der Waals surface area contributed by atoms with Crippen molar-refractivity contribution in [3.63, 3.8) is 0 Å². The van der Waals surface area contributed by atoms with Gasteiger partial charge in [0.2, 0.25) is 11.9 Å². The summed E-state index contributed by atoms with van der Waals surface area (Å²) in [5.74, 6) is -0.452. The first-order valence-electron chi connectivity index (χ1n) is 34.3. The summed E-state index contributed by atoms with van der Waals surface area (Å²) in [7, 11) is 0. The number of carbonyl (C=O) groups excluding carboxylic acids is 7. The van der Waals surface area contributed by atoms with Crippen LogP contribution in [0.3, 0.4) is 0 Å². The molecule has 0 saturated carbocycles. The van der Waals surface area contributed by atoms with Crippen LogP contribution in [0.25, 0.3) is 0 Å². The highest BCUT2D eigenvalue weighted by Gasteiger charge is 2.36. The number of hydrogen-bond acceptors (Lipinski definition) is 21. The van der Waals surface area contributed by atoms with Gasteiger partial charge in [0.25, 0.3) is 0 Å². The molecule has 5 aliphatic rings. The largest absolute Gasteiger partial charge is 0.478 e. The fraction of sp³-hybridized carbons (Fsp3) is 0.403. The predicted molar refractivity (Wildman–Crippen MR) is 393 cm³/mol. The van der Waals surface area contributed by atoms with E-state index in [9.17, 15) is 38.4 Å². The molecule has 12 rings (SSSR count). The molecule has 5 aromatic carbocycles. The fourth-order valence-electron chi connectivity index (χ4n) is 11.3. The van der Waals surface area contributed by atoms with E-state index in [-0.39, 0.29) is 53.5 Å². The van der Waals surface area contributed by atoms with Crippen LogP contribution in [0.5, 0.6) is 0 Å². The first-order chi connectivity index (χ1) is 48.7. The lowest BCUT2D eigenvalue weighted by Gasteiger charge is -2.35. The molecule has 2 aromatic heterocycles. The van der Waals surface area contributed by atoms with Gasteiger partial charge in [-0.05, 0) is 168 Å². The zero-order chi connectivity index (χ0) is 75.0. The van der Waals surface area contributed by atoms with E-state index in [0.717, 1.165) is 58.0 Å². The van der Waals surface area contributed by atoms with E-state index in [1.807, 2.05) is 186 Å². The summed E-state index contributed by atoms with van der Waals surface area (Å²) in [6.07, 6.45) is 6.99. The number of benzene rings is 5. The van der Waals surface area contributed by atoms with Gasteiger partial charge in [0.15, 0.2) is 11.6 Å². The van der Waals surface area contributed by atoms with Crippen molar-refractivity contribution in [2.75, 3.05) is 74.9 Å². The SMILES string of the molecule is CC(C)(C)OC(=O)N1CCC(=O)c2ccccc21.CC(C)(C)OC(=O)N1CCC(N)c2ccccc21.CC(C)(C)OC(=O)N1CCC(Nc2ncc(C(=O)O)cn2)c2ccccc21.CCOC(=O)c1cnc(NC2CCN(C(=O)OC(C)(C)C)c3ccccc32)nc1.O=C1CCNc2ccccc21. The molecular weight excluding hydrogens is 1320 g/mol. The molecule has 4 amide bonds. The van der Waals surface area contributed by atoms with Crippen molar-refractivity contribution < 1.29 is 67.1 Å². The van der Waals surface area contributed by atoms with E-state index in [0.29, 0.717) is 87.2 Å². The van der Waals surface area contributed by atoms with Crippen molar-refractivity contribution in [1.29, 1.82) is 0 Å². The Morgan fingerprint density at radius 1 is 0.476 bits per heavy atom. The van der Waals surface area contributed by atoms with Crippen molar-refractivity contribution in [2.45, 2.75) is 163 Å². The van der Waals surface area contributed by atoms with Crippen molar-refractivity contribution in [1.82, 2.24) is 19.9 Å². The number of fused-ring (bicyclic) bond motifs is 5. The van der Waals surface area contributed by atoms with Crippen molar-refractivity contribution in [2.24, 2.45) is 5.73 Å². The second kappa shape index (κ2) is 34.1. The van der Waals surface area contributed by atoms with Crippen LogP contribution in [0.2, 0.25) is 0 Å². The Labute approximate surface area is 601 Å². The number of ketones is 2. The topological polar surface area (TPSA) is 330 Å². The lowest BCUT2D eigenvalue weighted by Crippen LogP contribution is -2.41. The van der Waals surface area contributed by atoms with Crippen molar-refractivity contribution in [3.05, 3.63) is 185 Å². The molecule has 6 N–H and O–H groups in total. The minimum absolute atomic E-state index is 0.000105. The summed E-state index contributed by atoms with van der Waals surface area (Å²) in [4.78, 5) is 118. The molecule has 0 aliphatic carbocycles. The number of esters is 1. The van der Waals surface area contributed by atoms with E-state index in [4.69, 9.17) is 34.5 Å². The zero-order valence-corrected chi connectivity index (χ0v) is 60.8. The Morgan fingerprint density at radius 3 is 1.26 bits per heavy atom. The van der Waals surface area contributed by atoms with Crippen molar-refractivity contribution >= 4 is 88.2 Å². The number of rotatable bonds is 7. The van der Waals surface area contributed by atoms with Crippen LogP contribution in [0.1, 0.15) is 198 Å². The third-order valence-corrected chi connectivity index (χ3v) is 15.9. The van der Waals surface area contributed by atoms with Crippen LogP contribution in [0.4, 0.5) is 59.5 Å². The van der Waals surface area contributed by atoms with Crippen LogP contribution in [0.15, 0.2) is 146 Å². The number of carboxylic acid groups (broad SMARTS) is 1. The summed E-state index contributed by atoms with van der Waals surface area (Å²) in [6.45, 7) is 26.9. The summed E-state index contributed by atoms with van der Waals surface area (Å²) in [5, 5.41) is 18.6. The summed E-state index contributed by atoms with van der Waals surface area (Å²) >= 11 is 0. The van der Waals surface area contributed by atoms with E-state index in [2.05, 4.69) is 35.9 Å². The standard InChI is InChI=1S/C21H26N4O4.C19H22N4O4.C14H20N2O2.C14H17NO3.C9H9NO/c1-5-28-18(26)14-12-22-19(23-13-14)24-16-10-11-25(20(27)29-21(2,3)4)17-9-7-6-8-15(16)17;1-19(2,3)27-18(26)23-9-8-14(13-6-4-5-7-15(13)23)22-17-20-10-12(11-21-17)16(24)25;1-14(2,3)18-13(17)16-9-8-11(15)10-6-4-5-7-12(10)16;1-14(2,3)18-13(17)15-9-8-12(16)10-6-4-5-7-11(10)15;11-9-5-6-10-8-4-2-1-3-7(8)9/h6-9,12-13,16H,5,10-11H2,1-4H3,(H,22,23,24);4-7,10-11,14H,8-9H2,1-3H3,(H,24,25)(H,20,21,22);4-7,11H,8-9,15H2,1-3H3;4-7H,8-9H2,1-3H3;1-4,10H,5-6H2. The highest BCUT2D eigenvalue weighted by molar-refractivity contribution is 6.07. The molecule has 7 aromatic rings. The van der Waals surface area contributed by atoms with Gasteiger partial charge in [0.1, 0.15) is 22.4 Å². The average molecular weight is 1410 g/mol. The van der Waals surface area contributed by atoms with E-state index in [1.54, 1.807) is 39.8 Å². The Bertz CT molecular complexity index is 4140. The Kier molecular flexibility index (Phi) is 25.7. The highest BCUT2D eigenvalue weighted by Crippen LogP contribution is 2.39. The second-order valence-corrected chi connectivity index (χ2v) is 28.5. The number of para-hydroxylation sites is 5. The van der Waals surface area contributed by atoms with Crippen molar-refractivity contribution in [3.8, 4) is 0 Å². The highest BCUT2D eigenvalue weighted by atomic mass is 16.6. The minimum Gasteiger partial charge on any atom is -0.478 e. The smallest absolute Gasteiger partial charge is 0.414 e. The maximum Gasteiger partial charge on any atom is 0.414 e. The van der Waals surface area contributed by atoms with E-state index in [1.165, 1.54) is 29.7 Å². The van der Waals surface area contributed by atoms with Crippen LogP contribution < -0.4 is 41.3 Å². The van der Waals surface area contributed by atoms with E-state index < -0.39 is 40.4 Å². The number of amides is 4. The first kappa shape index (κ1) is 77.7. The van der Waals surface area contributed by atoms with Crippen LogP contribution in [-0.4, -0.2) is 135 Å². The molecule has 0 saturated heterocycles. The van der Waals surface area contributed by atoms with Crippen LogP contribution >= 0.6 is 0 Å². The first-order valence-corrected chi connectivity index (χ1v) is 34.3. The third kappa shape index (κ3) is 22.0. The third-order valence-electron chi connectivity index (χ3n) is 15.9. The maximum atomic E-state index is 12.6. The number of aromatic carboxylic acids is 1. The number of nitrogens with zero attached hydrogens (tertiary/aromatic N) is 8. The number of carboxylic acids is 1. The summed E-state index contributed by atoms with van der Waals surface area (Å²) in [5.41, 5.74) is 12.6. The number of anilines is 7. The molecule has 0 radical (unpaired) electrons. The molecule has 3 unspecified atom stereocenters. The Hall–Kier alpha value is -11.0. The van der Waals surface area contributed by atoms with Gasteiger partial charge in [-0.2, -0.15) is 0 Å². The van der Waals surface area contributed by atoms with Gasteiger partial charge in [-0.3, -0.25) is 29.2 Å². The quantitative estimate of drug-likeness (QED) is 0.0731. The molecule has 5 aliphatic heterocycles. The normalized spacial score (nSPS) is 16.5. The molecule has 26 nitrogen and oxygen atoms in total. The number of ether oxygens (including phenoxy) is 5. The maximum absolute atomic E-state index is 12.6. The van der Waals surface area contributed by atoms with Gasteiger partial charge < -0.3 is 50.5 Å². The molecule has 0 fully saturated rings. The molecule has 103 heavy (non-hydrogen) atoms. The van der Waals surface area contributed by atoms with Gasteiger partial charge in [0.05, 0.1) is 52.6 Å². The molecule has 7 heterocycles. The lowest BCUT2D eigenvalue weighted by atomic mass is 9.96. The number of nitrogens with one attached hydrogen (secondary N) is 3. The van der Waals surface area contributed by atoms with Gasteiger partial charge in [-0.25, -0.2) is 48.7 Å². The second-order valence-electron chi connectivity index (χ2n) is 28.5. The summed E-state index contributed by atoms with van der Waals surface area (Å²) in [6, 6.07) is 37.6. The number of nitrogens with two attached hydrogens (primary N) is 1. The molecule has 546 valence electrons. The van der Waals surface area contributed by atoms with Gasteiger partial charge in [-0.15, -0.1) is 0 Å². The molecule has 3 atom stereocenters. The minimum atomic E-state index is -1.07. The van der Waals surface area contributed by atoms with E-state index >= 15 is 0 Å². The lowest BCUT2D eigenvalue weighted by molar-refractivity contribution is 0.0520. The van der Waals surface area contributed by atoms with Gasteiger partial charge in [-0.1, -0.05) is 78.9 Å². The monoisotopic (exact) mass is 1410 g/mol. The molecule has 0 bridgehead atoms. The average Bonchev–Trinajstić information content (AvgIpc) is 0.563. The number of carbonyl (C=O) groups is 8. The van der Waals surface area contributed by atoms with Crippen LogP contribution in [0, 0.1) is 0 Å². The molecule has 26 heteroatoms. The predicted octanol–water partition coefficient (Wildman–Crippen LogP) is 15.0. The Balaban J connectivity index is 0.000000168. The van der Waals surface area contributed by atoms with Crippen LogP contribution in [-0.2, 0) is 23.7 Å². The Morgan fingerprint density at radius 2 is 0.835 bits per heavy atom. The number of hydrogen-bond donors (Lipinski definition) is 5. The summed E-state index contributed by atoms with van der Waals surface area (Å²) < 4.78 is 26.8. The molecule has 0 spiro atoms.